The minimum absolute atomic E-state index is 0.0184. The highest BCUT2D eigenvalue weighted by atomic mass is 35.5. The second-order valence-corrected chi connectivity index (χ2v) is 8.19. The fourth-order valence-electron chi connectivity index (χ4n) is 2.86. The summed E-state index contributed by atoms with van der Waals surface area (Å²) in [6, 6.07) is 4.98. The minimum atomic E-state index is -3.57. The van der Waals surface area contributed by atoms with Gasteiger partial charge in [-0.15, -0.1) is 0 Å². The van der Waals surface area contributed by atoms with Gasteiger partial charge in [0.25, 0.3) is 0 Å². The summed E-state index contributed by atoms with van der Waals surface area (Å²) in [5.74, 6) is 0.306. The second kappa shape index (κ2) is 6.65. The number of halogens is 1. The minimum Gasteiger partial charge on any atom is -0.396 e. The predicted molar refractivity (Wildman–Crippen MR) is 84.0 cm³/mol. The van der Waals surface area contributed by atoms with Crippen molar-refractivity contribution in [2.24, 2.45) is 5.92 Å². The third kappa shape index (κ3) is 3.59. The fourth-order valence-corrected chi connectivity index (χ4v) is 4.84. The molecular weight excluding hydrogens is 310 g/mol. The first kappa shape index (κ1) is 16.7. The van der Waals surface area contributed by atoms with Gasteiger partial charge in [0.15, 0.2) is 0 Å². The number of aryl methyl sites for hydroxylation is 1. The Morgan fingerprint density at radius 2 is 1.90 bits per heavy atom. The zero-order valence-electron chi connectivity index (χ0n) is 12.4. The summed E-state index contributed by atoms with van der Waals surface area (Å²) < 4.78 is 26.9. The van der Waals surface area contributed by atoms with E-state index in [1.54, 1.807) is 25.2 Å². The van der Waals surface area contributed by atoms with Crippen molar-refractivity contribution >= 4 is 21.6 Å². The van der Waals surface area contributed by atoms with E-state index < -0.39 is 10.0 Å². The first-order chi connectivity index (χ1) is 9.86. The van der Waals surface area contributed by atoms with E-state index in [2.05, 4.69) is 0 Å². The molecule has 1 aliphatic rings. The third-order valence-electron chi connectivity index (χ3n) is 4.33. The Morgan fingerprint density at radius 3 is 2.43 bits per heavy atom. The number of rotatable bonds is 4. The molecule has 0 aromatic heterocycles. The van der Waals surface area contributed by atoms with Gasteiger partial charge in [0.05, 0.1) is 5.02 Å². The summed E-state index contributed by atoms with van der Waals surface area (Å²) in [6.07, 6.45) is 3.29. The smallest absolute Gasteiger partial charge is 0.244 e. The largest absolute Gasteiger partial charge is 0.396 e. The van der Waals surface area contributed by atoms with Crippen molar-refractivity contribution in [3.8, 4) is 0 Å². The van der Waals surface area contributed by atoms with Crippen LogP contribution in [0.15, 0.2) is 23.1 Å². The fraction of sp³-hybridized carbons (Fsp3) is 0.600. The van der Waals surface area contributed by atoms with E-state index >= 15 is 0 Å². The Kier molecular flexibility index (Phi) is 5.30. The van der Waals surface area contributed by atoms with Crippen molar-refractivity contribution in [1.29, 1.82) is 0 Å². The van der Waals surface area contributed by atoms with Crippen LogP contribution in [0.25, 0.3) is 0 Å². The summed E-state index contributed by atoms with van der Waals surface area (Å²) in [4.78, 5) is 0.168. The van der Waals surface area contributed by atoms with Crippen molar-refractivity contribution in [2.45, 2.75) is 43.5 Å². The van der Waals surface area contributed by atoms with E-state index in [-0.39, 0.29) is 22.6 Å². The van der Waals surface area contributed by atoms with Crippen molar-refractivity contribution in [3.63, 3.8) is 0 Å². The molecule has 0 unspecified atom stereocenters. The molecule has 0 heterocycles. The molecular formula is C15H22ClNO3S. The SMILES string of the molecule is Cc1ccc(S(=O)(=O)N(C)C2CCC(CO)CC2)c(Cl)c1. The van der Waals surface area contributed by atoms with Crippen molar-refractivity contribution in [3.05, 3.63) is 28.8 Å². The molecule has 1 aromatic carbocycles. The maximum atomic E-state index is 12.7. The van der Waals surface area contributed by atoms with Gasteiger partial charge in [-0.3, -0.25) is 0 Å². The van der Waals surface area contributed by atoms with E-state index in [4.69, 9.17) is 16.7 Å². The molecule has 2 rings (SSSR count). The molecule has 0 radical (unpaired) electrons. The van der Waals surface area contributed by atoms with E-state index in [1.165, 1.54) is 4.31 Å². The maximum Gasteiger partial charge on any atom is 0.244 e. The maximum absolute atomic E-state index is 12.7. The number of hydrogen-bond donors (Lipinski definition) is 1. The predicted octanol–water partition coefficient (Wildman–Crippen LogP) is 2.82. The number of aliphatic hydroxyl groups excluding tert-OH is 1. The topological polar surface area (TPSA) is 57.6 Å². The van der Waals surface area contributed by atoms with E-state index in [0.717, 1.165) is 31.2 Å². The first-order valence-corrected chi connectivity index (χ1v) is 9.03. The number of hydrogen-bond acceptors (Lipinski definition) is 3. The molecule has 1 N–H and O–H groups in total. The number of nitrogens with zero attached hydrogens (tertiary/aromatic N) is 1. The van der Waals surface area contributed by atoms with Crippen LogP contribution in [0.2, 0.25) is 5.02 Å². The van der Waals surface area contributed by atoms with Gasteiger partial charge in [0.2, 0.25) is 10.0 Å². The molecule has 118 valence electrons. The molecule has 6 heteroatoms. The van der Waals surface area contributed by atoms with Crippen LogP contribution in [-0.4, -0.2) is 37.5 Å². The lowest BCUT2D eigenvalue weighted by Gasteiger charge is -2.33. The lowest BCUT2D eigenvalue weighted by atomic mass is 9.87. The van der Waals surface area contributed by atoms with E-state index in [9.17, 15) is 8.42 Å². The Labute approximate surface area is 131 Å². The number of aliphatic hydroxyl groups is 1. The lowest BCUT2D eigenvalue weighted by Crippen LogP contribution is -2.39. The molecule has 0 atom stereocenters. The van der Waals surface area contributed by atoms with Gasteiger partial charge in [0, 0.05) is 19.7 Å². The van der Waals surface area contributed by atoms with Gasteiger partial charge in [-0.05, 0) is 56.2 Å². The average molecular weight is 332 g/mol. The van der Waals surface area contributed by atoms with Gasteiger partial charge in [-0.25, -0.2) is 8.42 Å². The highest BCUT2D eigenvalue weighted by molar-refractivity contribution is 7.89. The molecule has 0 spiro atoms. The summed E-state index contributed by atoms with van der Waals surface area (Å²) in [5.41, 5.74) is 0.935. The molecule has 0 bridgehead atoms. The number of benzene rings is 1. The molecule has 21 heavy (non-hydrogen) atoms. The van der Waals surface area contributed by atoms with Gasteiger partial charge in [-0.1, -0.05) is 17.7 Å². The van der Waals surface area contributed by atoms with Crippen LogP contribution in [0.1, 0.15) is 31.2 Å². The van der Waals surface area contributed by atoms with Gasteiger partial charge in [-0.2, -0.15) is 4.31 Å². The Balaban J connectivity index is 2.19. The standard InChI is InChI=1S/C15H22ClNO3S/c1-11-3-8-15(14(16)9-11)21(19,20)17(2)13-6-4-12(10-18)5-7-13/h3,8-9,12-13,18H,4-7,10H2,1-2H3. The van der Waals surface area contributed by atoms with Crippen molar-refractivity contribution in [2.75, 3.05) is 13.7 Å². The zero-order valence-corrected chi connectivity index (χ0v) is 14.0. The second-order valence-electron chi connectivity index (χ2n) is 5.81. The summed E-state index contributed by atoms with van der Waals surface area (Å²) in [6.45, 7) is 2.06. The Morgan fingerprint density at radius 1 is 1.29 bits per heavy atom. The molecule has 4 nitrogen and oxygen atoms in total. The normalized spacial score (nSPS) is 23.5. The molecule has 1 aromatic rings. The van der Waals surface area contributed by atoms with Crippen LogP contribution >= 0.6 is 11.6 Å². The summed E-state index contributed by atoms with van der Waals surface area (Å²) in [5, 5.41) is 9.44. The van der Waals surface area contributed by atoms with Crippen LogP contribution in [-0.2, 0) is 10.0 Å². The zero-order chi connectivity index (χ0) is 15.6. The third-order valence-corrected chi connectivity index (χ3v) is 6.73. The molecule has 1 fully saturated rings. The summed E-state index contributed by atoms with van der Waals surface area (Å²) in [7, 11) is -1.95. The van der Waals surface area contributed by atoms with Crippen molar-refractivity contribution < 1.29 is 13.5 Å². The highest BCUT2D eigenvalue weighted by Crippen LogP contribution is 2.32. The van der Waals surface area contributed by atoms with Gasteiger partial charge < -0.3 is 5.11 Å². The van der Waals surface area contributed by atoms with Gasteiger partial charge >= 0.3 is 0 Å². The Hall–Kier alpha value is -0.620. The van der Waals surface area contributed by atoms with Crippen LogP contribution in [0, 0.1) is 12.8 Å². The van der Waals surface area contributed by atoms with Crippen molar-refractivity contribution in [1.82, 2.24) is 4.31 Å². The van der Waals surface area contributed by atoms with E-state index in [1.807, 2.05) is 6.92 Å². The molecule has 0 amide bonds. The first-order valence-electron chi connectivity index (χ1n) is 7.21. The molecule has 1 saturated carbocycles. The monoisotopic (exact) mass is 331 g/mol. The van der Waals surface area contributed by atoms with Crippen LogP contribution in [0.5, 0.6) is 0 Å². The average Bonchev–Trinajstić information content (AvgIpc) is 2.46. The lowest BCUT2D eigenvalue weighted by molar-refractivity contribution is 0.159. The Bertz CT molecular complexity index is 595. The van der Waals surface area contributed by atoms with Crippen LogP contribution in [0.4, 0.5) is 0 Å². The van der Waals surface area contributed by atoms with Gasteiger partial charge in [0.1, 0.15) is 4.90 Å². The summed E-state index contributed by atoms with van der Waals surface area (Å²) >= 11 is 6.10. The molecule has 0 saturated heterocycles. The highest BCUT2D eigenvalue weighted by Gasteiger charge is 2.32. The molecule has 0 aliphatic heterocycles. The number of sulfonamides is 1. The van der Waals surface area contributed by atoms with Crippen LogP contribution < -0.4 is 0 Å². The quantitative estimate of drug-likeness (QED) is 0.923. The van der Waals surface area contributed by atoms with E-state index in [0.29, 0.717) is 5.92 Å². The molecule has 1 aliphatic carbocycles. The van der Waals surface area contributed by atoms with Crippen LogP contribution in [0.3, 0.4) is 0 Å².